The van der Waals surface area contributed by atoms with Crippen LogP contribution < -0.4 is 5.32 Å². The third-order valence-corrected chi connectivity index (χ3v) is 2.11. The van der Waals surface area contributed by atoms with Crippen LogP contribution in [0.15, 0.2) is 29.2 Å². The second kappa shape index (κ2) is 2.66. The van der Waals surface area contributed by atoms with E-state index in [-0.39, 0.29) is 6.29 Å². The molecule has 0 fully saturated rings. The fourth-order valence-electron chi connectivity index (χ4n) is 1.49. The summed E-state index contributed by atoms with van der Waals surface area (Å²) in [6, 6.07) is 0. The first-order valence-electron chi connectivity index (χ1n) is 4.23. The Balaban J connectivity index is 2.26. The van der Waals surface area contributed by atoms with Crippen LogP contribution in [-0.2, 0) is 0 Å². The van der Waals surface area contributed by atoms with Crippen molar-refractivity contribution in [2.24, 2.45) is 10.9 Å². The van der Waals surface area contributed by atoms with Crippen molar-refractivity contribution in [1.82, 2.24) is 10.2 Å². The minimum Gasteiger partial charge on any atom is -0.351 e. The van der Waals surface area contributed by atoms with Crippen molar-refractivity contribution >= 4 is 6.21 Å². The van der Waals surface area contributed by atoms with Crippen LogP contribution >= 0.6 is 0 Å². The van der Waals surface area contributed by atoms with Gasteiger partial charge in [-0.15, -0.1) is 0 Å². The Hall–Kier alpha value is -1.25. The lowest BCUT2D eigenvalue weighted by molar-refractivity contribution is 0.318. The zero-order valence-electron chi connectivity index (χ0n) is 7.36. The second-order valence-corrected chi connectivity index (χ2v) is 3.31. The molecule has 0 aliphatic carbocycles. The summed E-state index contributed by atoms with van der Waals surface area (Å²) < 4.78 is 0. The summed E-state index contributed by atoms with van der Waals surface area (Å²) in [5.74, 6) is 0.545. The lowest BCUT2D eigenvalue weighted by Gasteiger charge is -2.29. The van der Waals surface area contributed by atoms with E-state index in [1.54, 1.807) is 0 Å². The average molecular weight is 163 g/mol. The third kappa shape index (κ3) is 1.02. The van der Waals surface area contributed by atoms with Crippen LogP contribution in [-0.4, -0.2) is 17.4 Å². The first-order chi connectivity index (χ1) is 5.79. The minimum atomic E-state index is 0.104. The van der Waals surface area contributed by atoms with Gasteiger partial charge in [-0.3, -0.25) is 0 Å². The fourth-order valence-corrected chi connectivity index (χ4v) is 1.49. The summed E-state index contributed by atoms with van der Waals surface area (Å²) in [6.07, 6.45) is 8.01. The molecule has 64 valence electrons. The van der Waals surface area contributed by atoms with Crippen LogP contribution in [0, 0.1) is 5.92 Å². The predicted octanol–water partition coefficient (Wildman–Crippen LogP) is 1.27. The molecule has 3 heteroatoms. The number of allylic oxidation sites excluding steroid dienone is 2. The maximum absolute atomic E-state index is 4.28. The molecule has 1 unspecified atom stereocenters. The molecule has 0 saturated carbocycles. The van der Waals surface area contributed by atoms with Gasteiger partial charge in [0.05, 0.1) is 0 Å². The van der Waals surface area contributed by atoms with Crippen molar-refractivity contribution < 1.29 is 0 Å². The first-order valence-corrected chi connectivity index (χ1v) is 4.23. The highest BCUT2D eigenvalue weighted by Crippen LogP contribution is 2.22. The molecule has 2 rings (SSSR count). The van der Waals surface area contributed by atoms with Crippen molar-refractivity contribution in [3.63, 3.8) is 0 Å². The Bertz CT molecular complexity index is 263. The van der Waals surface area contributed by atoms with E-state index < -0.39 is 0 Å². The van der Waals surface area contributed by atoms with Gasteiger partial charge in [0.25, 0.3) is 0 Å². The average Bonchev–Trinajstić information content (AvgIpc) is 2.49. The van der Waals surface area contributed by atoms with E-state index in [9.17, 15) is 0 Å². The Kier molecular flexibility index (Phi) is 1.64. The standard InChI is InChI=1S/C9H13N3/c1-7(2)8-3-4-10-9-11-5-6-12(8)9/h3-7,9,11H,1-2H3. The molecule has 12 heavy (non-hydrogen) atoms. The number of fused-ring (bicyclic) bond motifs is 1. The molecule has 0 bridgehead atoms. The highest BCUT2D eigenvalue weighted by atomic mass is 15.4. The van der Waals surface area contributed by atoms with Crippen molar-refractivity contribution in [2.45, 2.75) is 20.1 Å². The zero-order valence-corrected chi connectivity index (χ0v) is 7.36. The van der Waals surface area contributed by atoms with Crippen LogP contribution in [0.2, 0.25) is 0 Å². The predicted molar refractivity (Wildman–Crippen MR) is 49.3 cm³/mol. The highest BCUT2D eigenvalue weighted by Gasteiger charge is 2.23. The summed E-state index contributed by atoms with van der Waals surface area (Å²) in [6.45, 7) is 4.38. The van der Waals surface area contributed by atoms with Crippen LogP contribution in [0.1, 0.15) is 13.8 Å². The molecule has 2 heterocycles. The van der Waals surface area contributed by atoms with E-state index >= 15 is 0 Å². The minimum absolute atomic E-state index is 0.104. The van der Waals surface area contributed by atoms with E-state index in [0.29, 0.717) is 5.92 Å². The Morgan fingerprint density at radius 1 is 1.58 bits per heavy atom. The summed E-state index contributed by atoms with van der Waals surface area (Å²) in [5, 5.41) is 3.15. The molecule has 1 atom stereocenters. The van der Waals surface area contributed by atoms with E-state index in [0.717, 1.165) is 0 Å². The smallest absolute Gasteiger partial charge is 0.199 e. The molecule has 0 amide bonds. The molecule has 0 saturated heterocycles. The monoisotopic (exact) mass is 163 g/mol. The first kappa shape index (κ1) is 7.40. The van der Waals surface area contributed by atoms with Gasteiger partial charge in [-0.25, -0.2) is 4.99 Å². The van der Waals surface area contributed by atoms with E-state index in [1.807, 2.05) is 18.6 Å². The van der Waals surface area contributed by atoms with E-state index in [2.05, 4.69) is 35.1 Å². The number of rotatable bonds is 1. The zero-order chi connectivity index (χ0) is 8.55. The summed E-state index contributed by atoms with van der Waals surface area (Å²) in [7, 11) is 0. The van der Waals surface area contributed by atoms with Gasteiger partial charge in [-0.1, -0.05) is 13.8 Å². The van der Waals surface area contributed by atoms with Crippen molar-refractivity contribution in [2.75, 3.05) is 0 Å². The number of nitrogens with one attached hydrogen (secondary N) is 1. The van der Waals surface area contributed by atoms with E-state index in [4.69, 9.17) is 0 Å². The summed E-state index contributed by atoms with van der Waals surface area (Å²) >= 11 is 0. The fraction of sp³-hybridized carbons (Fsp3) is 0.444. The number of hydrogen-bond donors (Lipinski definition) is 1. The number of hydrogen-bond acceptors (Lipinski definition) is 3. The molecule has 2 aliphatic heterocycles. The molecule has 0 aromatic rings. The second-order valence-electron chi connectivity index (χ2n) is 3.31. The topological polar surface area (TPSA) is 27.6 Å². The van der Waals surface area contributed by atoms with Crippen LogP contribution in [0.25, 0.3) is 0 Å². The van der Waals surface area contributed by atoms with Crippen molar-refractivity contribution in [1.29, 1.82) is 0 Å². The van der Waals surface area contributed by atoms with Crippen molar-refractivity contribution in [3.05, 3.63) is 24.2 Å². The molecule has 3 nitrogen and oxygen atoms in total. The van der Waals surface area contributed by atoms with Gasteiger partial charge in [-0.2, -0.15) is 0 Å². The van der Waals surface area contributed by atoms with Crippen LogP contribution in [0.5, 0.6) is 0 Å². The number of nitrogens with zero attached hydrogens (tertiary/aromatic N) is 2. The lowest BCUT2D eigenvalue weighted by Crippen LogP contribution is -2.36. The number of aliphatic imine (C=N–C) groups is 1. The van der Waals surface area contributed by atoms with Gasteiger partial charge in [0, 0.05) is 24.3 Å². The van der Waals surface area contributed by atoms with E-state index in [1.165, 1.54) is 5.70 Å². The van der Waals surface area contributed by atoms with Gasteiger partial charge in [-0.05, 0) is 12.0 Å². The highest BCUT2D eigenvalue weighted by molar-refractivity contribution is 5.73. The maximum Gasteiger partial charge on any atom is 0.199 e. The van der Waals surface area contributed by atoms with Gasteiger partial charge >= 0.3 is 0 Å². The van der Waals surface area contributed by atoms with Crippen LogP contribution in [0.3, 0.4) is 0 Å². The molecular formula is C9H13N3. The molecule has 0 aromatic heterocycles. The quantitative estimate of drug-likeness (QED) is 0.630. The molecule has 1 N–H and O–H groups in total. The molecule has 0 radical (unpaired) electrons. The van der Waals surface area contributed by atoms with Gasteiger partial charge in [0.1, 0.15) is 0 Å². The van der Waals surface area contributed by atoms with Gasteiger partial charge < -0.3 is 10.2 Å². The Morgan fingerprint density at radius 2 is 2.42 bits per heavy atom. The van der Waals surface area contributed by atoms with Crippen LogP contribution in [0.4, 0.5) is 0 Å². The molecule has 0 spiro atoms. The van der Waals surface area contributed by atoms with Gasteiger partial charge in [0.2, 0.25) is 0 Å². The third-order valence-electron chi connectivity index (χ3n) is 2.11. The normalized spacial score (nSPS) is 25.8. The lowest BCUT2D eigenvalue weighted by atomic mass is 10.1. The summed E-state index contributed by atoms with van der Waals surface area (Å²) in [4.78, 5) is 6.43. The summed E-state index contributed by atoms with van der Waals surface area (Å²) in [5.41, 5.74) is 1.32. The SMILES string of the molecule is CC(C)C1=CC=NC2NC=CN12. The van der Waals surface area contributed by atoms with Crippen molar-refractivity contribution in [3.8, 4) is 0 Å². The Morgan fingerprint density at radius 3 is 3.17 bits per heavy atom. The molecule has 2 aliphatic rings. The largest absolute Gasteiger partial charge is 0.351 e. The van der Waals surface area contributed by atoms with Gasteiger partial charge in [0.15, 0.2) is 6.29 Å². The maximum atomic E-state index is 4.28. The Labute approximate surface area is 72.5 Å². The molecule has 0 aromatic carbocycles. The molecular weight excluding hydrogens is 150 g/mol.